The van der Waals surface area contributed by atoms with Crippen molar-refractivity contribution in [3.8, 4) is 12.3 Å². The lowest BCUT2D eigenvalue weighted by atomic mass is 9.82. The SMILES string of the molecule is C#CC1C[C@H]2[C@@H](OC(=O)CCCCCCCCC)CCC[C@H]2N1C(=O)OC. The summed E-state index contributed by atoms with van der Waals surface area (Å²) in [7, 11) is 1.38. The Labute approximate surface area is 164 Å². The molecule has 0 aromatic carbocycles. The number of unbranched alkanes of at least 4 members (excludes halogenated alkanes) is 6. The van der Waals surface area contributed by atoms with Crippen LogP contribution in [0.3, 0.4) is 0 Å². The summed E-state index contributed by atoms with van der Waals surface area (Å²) in [5.41, 5.74) is 0. The highest BCUT2D eigenvalue weighted by molar-refractivity contribution is 5.70. The lowest BCUT2D eigenvalue weighted by Crippen LogP contribution is -2.46. The first-order valence-corrected chi connectivity index (χ1v) is 10.6. The molecule has 0 aromatic heterocycles. The molecule has 0 bridgehead atoms. The van der Waals surface area contributed by atoms with E-state index in [1.165, 1.54) is 39.2 Å². The van der Waals surface area contributed by atoms with E-state index in [1.807, 2.05) is 0 Å². The number of hydrogen-bond donors (Lipinski definition) is 0. The van der Waals surface area contributed by atoms with E-state index in [-0.39, 0.29) is 36.2 Å². The number of rotatable bonds is 9. The maximum absolute atomic E-state index is 12.3. The summed E-state index contributed by atoms with van der Waals surface area (Å²) in [6.07, 6.45) is 17.3. The number of terminal acetylenes is 1. The predicted molar refractivity (Wildman–Crippen MR) is 105 cm³/mol. The maximum atomic E-state index is 12.3. The van der Waals surface area contributed by atoms with Crippen molar-refractivity contribution in [3.05, 3.63) is 0 Å². The molecule has 5 nitrogen and oxygen atoms in total. The van der Waals surface area contributed by atoms with Gasteiger partial charge in [-0.15, -0.1) is 6.42 Å². The van der Waals surface area contributed by atoms with Gasteiger partial charge in [-0.3, -0.25) is 9.69 Å². The first-order chi connectivity index (χ1) is 13.1. The summed E-state index contributed by atoms with van der Waals surface area (Å²) in [6, 6.07) is -0.251. The van der Waals surface area contributed by atoms with Gasteiger partial charge in [0.1, 0.15) is 6.10 Å². The van der Waals surface area contributed by atoms with Crippen LogP contribution in [0.4, 0.5) is 4.79 Å². The van der Waals surface area contributed by atoms with Crippen molar-refractivity contribution in [3.63, 3.8) is 0 Å². The fourth-order valence-corrected chi connectivity index (χ4v) is 4.58. The molecule has 1 saturated heterocycles. The number of amides is 1. The Bertz CT molecular complexity index is 527. The van der Waals surface area contributed by atoms with E-state index < -0.39 is 0 Å². The van der Waals surface area contributed by atoms with Gasteiger partial charge in [-0.25, -0.2) is 4.79 Å². The molecule has 1 aliphatic carbocycles. The van der Waals surface area contributed by atoms with Gasteiger partial charge in [0.25, 0.3) is 0 Å². The van der Waals surface area contributed by atoms with E-state index in [0.29, 0.717) is 12.8 Å². The number of methoxy groups -OCH3 is 1. The monoisotopic (exact) mass is 377 g/mol. The van der Waals surface area contributed by atoms with Crippen LogP contribution >= 0.6 is 0 Å². The lowest BCUT2D eigenvalue weighted by molar-refractivity contribution is -0.154. The Kier molecular flexibility index (Phi) is 8.97. The van der Waals surface area contributed by atoms with Crippen LogP contribution in [0.2, 0.25) is 0 Å². The van der Waals surface area contributed by atoms with Crippen molar-refractivity contribution < 1.29 is 19.1 Å². The zero-order valence-electron chi connectivity index (χ0n) is 17.0. The molecule has 2 fully saturated rings. The van der Waals surface area contributed by atoms with Crippen LogP contribution in [0.1, 0.15) is 84.0 Å². The fourth-order valence-electron chi connectivity index (χ4n) is 4.58. The molecule has 27 heavy (non-hydrogen) atoms. The molecule has 5 heteroatoms. The van der Waals surface area contributed by atoms with E-state index in [1.54, 1.807) is 4.90 Å². The maximum Gasteiger partial charge on any atom is 0.410 e. The van der Waals surface area contributed by atoms with Gasteiger partial charge in [0.05, 0.1) is 13.2 Å². The van der Waals surface area contributed by atoms with Gasteiger partial charge in [0.15, 0.2) is 0 Å². The molecule has 0 aromatic rings. The van der Waals surface area contributed by atoms with E-state index in [0.717, 1.165) is 32.1 Å². The van der Waals surface area contributed by atoms with E-state index in [4.69, 9.17) is 15.9 Å². The molecule has 1 unspecified atom stereocenters. The van der Waals surface area contributed by atoms with Crippen molar-refractivity contribution in [2.75, 3.05) is 7.11 Å². The minimum atomic E-state index is -0.375. The molecule has 1 saturated carbocycles. The second-order valence-corrected chi connectivity index (χ2v) is 7.86. The van der Waals surface area contributed by atoms with Crippen molar-refractivity contribution in [2.45, 2.75) is 102 Å². The van der Waals surface area contributed by atoms with Crippen molar-refractivity contribution in [1.29, 1.82) is 0 Å². The molecule has 1 aliphatic heterocycles. The van der Waals surface area contributed by atoms with Crippen LogP contribution in [0, 0.1) is 18.3 Å². The van der Waals surface area contributed by atoms with E-state index >= 15 is 0 Å². The largest absolute Gasteiger partial charge is 0.462 e. The van der Waals surface area contributed by atoms with Gasteiger partial charge in [0, 0.05) is 18.4 Å². The molecule has 0 N–H and O–H groups in total. The zero-order valence-corrected chi connectivity index (χ0v) is 17.0. The standard InChI is InChI=1S/C22H35NO4/c1-4-6-7-8-9-10-11-15-21(24)27-20-14-12-13-19-18(20)16-17(5-2)23(19)22(25)26-3/h2,17-20H,4,6-16H2,1,3H3/t17?,18-,19-,20+/m1/s1. The highest BCUT2D eigenvalue weighted by Crippen LogP contribution is 2.41. The Balaban J connectivity index is 1.79. The zero-order chi connectivity index (χ0) is 19.6. The molecule has 152 valence electrons. The van der Waals surface area contributed by atoms with Crippen molar-refractivity contribution in [2.24, 2.45) is 5.92 Å². The summed E-state index contributed by atoms with van der Waals surface area (Å²) in [4.78, 5) is 26.1. The molecular formula is C22H35NO4. The highest BCUT2D eigenvalue weighted by Gasteiger charge is 2.49. The molecule has 1 heterocycles. The highest BCUT2D eigenvalue weighted by atomic mass is 16.5. The Morgan fingerprint density at radius 2 is 1.81 bits per heavy atom. The number of likely N-dealkylation sites (tertiary alicyclic amines) is 1. The Morgan fingerprint density at radius 1 is 1.11 bits per heavy atom. The average Bonchev–Trinajstić information content (AvgIpc) is 3.06. The molecular weight excluding hydrogens is 342 g/mol. The topological polar surface area (TPSA) is 55.8 Å². The quantitative estimate of drug-likeness (QED) is 0.332. The summed E-state index contributed by atoms with van der Waals surface area (Å²) < 4.78 is 10.7. The van der Waals surface area contributed by atoms with Crippen LogP contribution in [-0.2, 0) is 14.3 Å². The van der Waals surface area contributed by atoms with Gasteiger partial charge in [-0.2, -0.15) is 0 Å². The number of fused-ring (bicyclic) bond motifs is 1. The lowest BCUT2D eigenvalue weighted by Gasteiger charge is -2.36. The molecule has 2 rings (SSSR count). The molecule has 1 amide bonds. The Hall–Kier alpha value is -1.70. The van der Waals surface area contributed by atoms with Gasteiger partial charge < -0.3 is 9.47 Å². The number of nitrogens with zero attached hydrogens (tertiary/aromatic N) is 1. The third kappa shape index (κ3) is 5.89. The number of carbonyl (C=O) groups is 2. The summed E-state index contributed by atoms with van der Waals surface area (Å²) >= 11 is 0. The molecule has 2 aliphatic rings. The number of ether oxygens (including phenoxy) is 2. The van der Waals surface area contributed by atoms with Gasteiger partial charge in [-0.1, -0.05) is 51.4 Å². The first-order valence-electron chi connectivity index (χ1n) is 10.6. The fraction of sp³-hybridized carbons (Fsp3) is 0.818. The smallest absolute Gasteiger partial charge is 0.410 e. The molecule has 4 atom stereocenters. The van der Waals surface area contributed by atoms with E-state index in [2.05, 4.69) is 12.8 Å². The normalized spacial score (nSPS) is 26.9. The van der Waals surface area contributed by atoms with Crippen LogP contribution < -0.4 is 0 Å². The first kappa shape index (κ1) is 21.6. The number of esters is 1. The average molecular weight is 378 g/mol. The van der Waals surface area contributed by atoms with Crippen molar-refractivity contribution in [1.82, 2.24) is 4.90 Å². The third-order valence-electron chi connectivity index (χ3n) is 5.99. The second-order valence-electron chi connectivity index (χ2n) is 7.86. The molecule has 0 spiro atoms. The minimum absolute atomic E-state index is 0.0172. The second kappa shape index (κ2) is 11.2. The minimum Gasteiger partial charge on any atom is -0.462 e. The van der Waals surface area contributed by atoms with Crippen LogP contribution in [-0.4, -0.2) is 42.3 Å². The summed E-state index contributed by atoms with van der Waals surface area (Å²) in [6.45, 7) is 2.21. The van der Waals surface area contributed by atoms with Gasteiger partial charge >= 0.3 is 12.1 Å². The van der Waals surface area contributed by atoms with Gasteiger partial charge in [0.2, 0.25) is 0 Å². The van der Waals surface area contributed by atoms with Crippen LogP contribution in [0.25, 0.3) is 0 Å². The summed E-state index contributed by atoms with van der Waals surface area (Å²) in [5.74, 6) is 2.72. The number of carbonyl (C=O) groups excluding carboxylic acids is 2. The van der Waals surface area contributed by atoms with E-state index in [9.17, 15) is 9.59 Å². The van der Waals surface area contributed by atoms with Crippen LogP contribution in [0.5, 0.6) is 0 Å². The number of hydrogen-bond acceptors (Lipinski definition) is 4. The van der Waals surface area contributed by atoms with Crippen molar-refractivity contribution >= 4 is 12.1 Å². The molecule has 0 radical (unpaired) electrons. The Morgan fingerprint density at radius 3 is 2.48 bits per heavy atom. The van der Waals surface area contributed by atoms with Crippen LogP contribution in [0.15, 0.2) is 0 Å². The van der Waals surface area contributed by atoms with Gasteiger partial charge in [-0.05, 0) is 32.1 Å². The predicted octanol–water partition coefficient (Wildman–Crippen LogP) is 4.68. The third-order valence-corrected chi connectivity index (χ3v) is 5.99. The summed E-state index contributed by atoms with van der Waals surface area (Å²) in [5, 5.41) is 0.